The van der Waals surface area contributed by atoms with Crippen molar-refractivity contribution >= 4 is 39.2 Å². The minimum atomic E-state index is -0.0794. The minimum Gasteiger partial charge on any atom is -0.355 e. The molecule has 0 saturated carbocycles. The smallest absolute Gasteiger partial charge is 0.262 e. The lowest BCUT2D eigenvalue weighted by molar-refractivity contribution is -0.118. The predicted molar refractivity (Wildman–Crippen MR) is 114 cm³/mol. The first-order valence-corrected chi connectivity index (χ1v) is 10.9. The fourth-order valence-electron chi connectivity index (χ4n) is 2.70. The van der Waals surface area contributed by atoms with E-state index in [0.29, 0.717) is 21.9 Å². The maximum atomic E-state index is 12.7. The van der Waals surface area contributed by atoms with Crippen molar-refractivity contribution in [1.82, 2.24) is 14.9 Å². The highest BCUT2D eigenvalue weighted by Gasteiger charge is 2.14. The van der Waals surface area contributed by atoms with Gasteiger partial charge in [0.15, 0.2) is 5.16 Å². The maximum Gasteiger partial charge on any atom is 0.262 e. The number of hydrogen-bond acceptors (Lipinski definition) is 5. The average Bonchev–Trinajstić information content (AvgIpc) is 3.12. The van der Waals surface area contributed by atoms with Gasteiger partial charge >= 0.3 is 0 Å². The number of unbranched alkanes of at least 4 members (excludes halogenated alkanes) is 2. The Kier molecular flexibility index (Phi) is 6.68. The Morgan fingerprint density at radius 1 is 1.26 bits per heavy atom. The summed E-state index contributed by atoms with van der Waals surface area (Å²) in [6.45, 7) is 2.83. The van der Waals surface area contributed by atoms with Crippen LogP contribution in [0.3, 0.4) is 0 Å². The number of amides is 1. The molecular weight excluding hydrogens is 378 g/mol. The van der Waals surface area contributed by atoms with Gasteiger partial charge in [-0.3, -0.25) is 14.2 Å². The van der Waals surface area contributed by atoms with Gasteiger partial charge < -0.3 is 5.32 Å². The third-order valence-electron chi connectivity index (χ3n) is 4.22. The van der Waals surface area contributed by atoms with E-state index < -0.39 is 0 Å². The number of nitrogens with zero attached hydrogens (tertiary/aromatic N) is 2. The molecule has 1 aromatic carbocycles. The first kappa shape index (κ1) is 19.6. The van der Waals surface area contributed by atoms with Crippen molar-refractivity contribution in [3.8, 4) is 10.4 Å². The Hall–Kier alpha value is -2.12. The van der Waals surface area contributed by atoms with Crippen LogP contribution < -0.4 is 10.9 Å². The zero-order valence-electron chi connectivity index (χ0n) is 15.5. The average molecular weight is 402 g/mol. The van der Waals surface area contributed by atoms with E-state index in [4.69, 9.17) is 0 Å². The molecule has 0 atom stereocenters. The van der Waals surface area contributed by atoms with Crippen molar-refractivity contribution in [3.63, 3.8) is 0 Å². The van der Waals surface area contributed by atoms with Crippen molar-refractivity contribution in [2.75, 3.05) is 12.3 Å². The maximum absolute atomic E-state index is 12.7. The van der Waals surface area contributed by atoms with Crippen molar-refractivity contribution in [2.24, 2.45) is 7.05 Å². The normalized spacial score (nSPS) is 11.0. The zero-order valence-corrected chi connectivity index (χ0v) is 17.2. The number of thioether (sulfide) groups is 1. The van der Waals surface area contributed by atoms with E-state index in [9.17, 15) is 9.59 Å². The summed E-state index contributed by atoms with van der Waals surface area (Å²) in [7, 11) is 1.70. The number of carbonyl (C=O) groups is 1. The van der Waals surface area contributed by atoms with Gasteiger partial charge in [0.25, 0.3) is 5.56 Å². The third-order valence-corrected chi connectivity index (χ3v) is 6.33. The molecule has 0 aliphatic carbocycles. The Morgan fingerprint density at radius 3 is 2.78 bits per heavy atom. The van der Waals surface area contributed by atoms with Gasteiger partial charge in [0, 0.05) is 18.5 Å². The quantitative estimate of drug-likeness (QED) is 0.351. The number of thiophene rings is 1. The highest BCUT2D eigenvalue weighted by Crippen LogP contribution is 2.31. The SMILES string of the molecule is CCCCCNC(=O)CSc1nc2sc(-c3ccccc3)cc2c(=O)n1C. The van der Waals surface area contributed by atoms with Gasteiger partial charge in [-0.1, -0.05) is 61.9 Å². The molecule has 1 amide bonds. The van der Waals surface area contributed by atoms with Crippen LogP contribution in [0.2, 0.25) is 0 Å². The number of fused-ring (bicyclic) bond motifs is 1. The van der Waals surface area contributed by atoms with Crippen LogP contribution in [0.25, 0.3) is 20.7 Å². The third kappa shape index (κ3) is 4.78. The van der Waals surface area contributed by atoms with Gasteiger partial charge in [0.1, 0.15) is 4.83 Å². The molecule has 1 N–H and O–H groups in total. The second-order valence-electron chi connectivity index (χ2n) is 6.30. The van der Waals surface area contributed by atoms with Crippen LogP contribution in [0.15, 0.2) is 46.3 Å². The largest absolute Gasteiger partial charge is 0.355 e. The summed E-state index contributed by atoms with van der Waals surface area (Å²) < 4.78 is 1.53. The second-order valence-corrected chi connectivity index (χ2v) is 8.27. The predicted octanol–water partition coefficient (Wildman–Crippen LogP) is 4.06. The van der Waals surface area contributed by atoms with Gasteiger partial charge in [-0.25, -0.2) is 4.98 Å². The van der Waals surface area contributed by atoms with Crippen LogP contribution in [0.1, 0.15) is 26.2 Å². The van der Waals surface area contributed by atoms with E-state index in [1.807, 2.05) is 36.4 Å². The molecular formula is C20H23N3O2S2. The molecule has 5 nitrogen and oxygen atoms in total. The monoisotopic (exact) mass is 401 g/mol. The number of carbonyl (C=O) groups excluding carboxylic acids is 1. The molecule has 3 rings (SSSR count). The lowest BCUT2D eigenvalue weighted by atomic mass is 10.2. The summed E-state index contributed by atoms with van der Waals surface area (Å²) in [6.07, 6.45) is 3.23. The molecule has 27 heavy (non-hydrogen) atoms. The van der Waals surface area contributed by atoms with Crippen LogP contribution in [-0.4, -0.2) is 27.8 Å². The van der Waals surface area contributed by atoms with E-state index in [1.165, 1.54) is 27.7 Å². The Morgan fingerprint density at radius 2 is 2.04 bits per heavy atom. The lowest BCUT2D eigenvalue weighted by Gasteiger charge is -2.07. The Balaban J connectivity index is 1.76. The van der Waals surface area contributed by atoms with Crippen molar-refractivity contribution in [2.45, 2.75) is 31.3 Å². The molecule has 0 unspecified atom stereocenters. The van der Waals surface area contributed by atoms with Gasteiger partial charge in [-0.15, -0.1) is 11.3 Å². The molecule has 0 spiro atoms. The van der Waals surface area contributed by atoms with Crippen molar-refractivity contribution in [3.05, 3.63) is 46.8 Å². The highest BCUT2D eigenvalue weighted by atomic mass is 32.2. The topological polar surface area (TPSA) is 64.0 Å². The molecule has 142 valence electrons. The van der Waals surface area contributed by atoms with E-state index in [2.05, 4.69) is 17.2 Å². The molecule has 7 heteroatoms. The van der Waals surface area contributed by atoms with E-state index >= 15 is 0 Å². The number of hydrogen-bond donors (Lipinski definition) is 1. The van der Waals surface area contributed by atoms with E-state index in [-0.39, 0.29) is 17.2 Å². The van der Waals surface area contributed by atoms with E-state index in [1.54, 1.807) is 7.05 Å². The van der Waals surface area contributed by atoms with Gasteiger partial charge in [-0.05, 0) is 18.1 Å². The minimum absolute atomic E-state index is 0.0263. The summed E-state index contributed by atoms with van der Waals surface area (Å²) in [6, 6.07) is 11.9. The zero-order chi connectivity index (χ0) is 19.2. The molecule has 2 heterocycles. The van der Waals surface area contributed by atoms with Crippen LogP contribution >= 0.6 is 23.1 Å². The fraction of sp³-hybridized carbons (Fsp3) is 0.350. The van der Waals surface area contributed by atoms with Gasteiger partial charge in [0.05, 0.1) is 11.1 Å². The number of rotatable bonds is 8. The number of benzene rings is 1. The summed E-state index contributed by atoms with van der Waals surface area (Å²) in [4.78, 5) is 31.0. The molecule has 2 aromatic heterocycles. The first-order chi connectivity index (χ1) is 13.1. The van der Waals surface area contributed by atoms with Crippen LogP contribution in [0, 0.1) is 0 Å². The highest BCUT2D eigenvalue weighted by molar-refractivity contribution is 7.99. The molecule has 3 aromatic rings. The summed E-state index contributed by atoms with van der Waals surface area (Å²) >= 11 is 2.80. The summed E-state index contributed by atoms with van der Waals surface area (Å²) in [5, 5.41) is 4.10. The van der Waals surface area contributed by atoms with Crippen LogP contribution in [0.5, 0.6) is 0 Å². The molecule has 0 radical (unpaired) electrons. The van der Waals surface area contributed by atoms with Crippen LogP contribution in [0.4, 0.5) is 0 Å². The van der Waals surface area contributed by atoms with Crippen molar-refractivity contribution < 1.29 is 4.79 Å². The van der Waals surface area contributed by atoms with Crippen molar-refractivity contribution in [1.29, 1.82) is 0 Å². The Labute approximate surface area is 166 Å². The molecule has 0 saturated heterocycles. The summed E-state index contributed by atoms with van der Waals surface area (Å²) in [5.41, 5.74) is 0.993. The van der Waals surface area contributed by atoms with Crippen LogP contribution in [-0.2, 0) is 11.8 Å². The second kappa shape index (κ2) is 9.19. The van der Waals surface area contributed by atoms with Gasteiger partial charge in [-0.2, -0.15) is 0 Å². The first-order valence-electron chi connectivity index (χ1n) is 9.05. The van der Waals surface area contributed by atoms with Gasteiger partial charge in [0.2, 0.25) is 5.91 Å². The molecule has 0 aliphatic heterocycles. The molecule has 0 aliphatic rings. The summed E-state index contributed by atoms with van der Waals surface area (Å²) in [5.74, 6) is 0.232. The number of aromatic nitrogens is 2. The fourth-order valence-corrected chi connectivity index (χ4v) is 4.58. The van der Waals surface area contributed by atoms with E-state index in [0.717, 1.165) is 29.7 Å². The molecule has 0 fully saturated rings. The number of nitrogens with one attached hydrogen (secondary N) is 1. The Bertz CT molecular complexity index is 980. The lowest BCUT2D eigenvalue weighted by Crippen LogP contribution is -2.27. The molecule has 0 bridgehead atoms. The standard InChI is InChI=1S/C20H23N3O2S2/c1-3-4-8-11-21-17(24)13-26-20-22-18-15(19(25)23(20)2)12-16(27-18)14-9-6-5-7-10-14/h5-7,9-10,12H,3-4,8,11,13H2,1-2H3,(H,21,24).